The maximum Gasteiger partial charge on any atom is 0.252 e. The quantitative estimate of drug-likeness (QED) is 0.856. The molecule has 1 aromatic heterocycles. The fraction of sp³-hybridized carbons (Fsp3) is 0.455. The predicted molar refractivity (Wildman–Crippen MR) is 61.4 cm³/mol. The van der Waals surface area contributed by atoms with Crippen LogP contribution in [0, 0.1) is 13.8 Å². The maximum absolute atomic E-state index is 11.7. The van der Waals surface area contributed by atoms with Gasteiger partial charge in [0.25, 0.3) is 5.91 Å². The molecule has 0 radical (unpaired) electrons. The fourth-order valence-electron chi connectivity index (χ4n) is 1.11. The summed E-state index contributed by atoms with van der Waals surface area (Å²) >= 11 is 1.55. The van der Waals surface area contributed by atoms with E-state index in [9.17, 15) is 9.59 Å². The van der Waals surface area contributed by atoms with Crippen LogP contribution < -0.4 is 5.32 Å². The van der Waals surface area contributed by atoms with Crippen LogP contribution in [-0.4, -0.2) is 17.7 Å². The number of Topliss-reactive ketones (excluding diaryl/α,β-unsaturated/α-hetero) is 1. The Labute approximate surface area is 93.5 Å². The van der Waals surface area contributed by atoms with Crippen molar-refractivity contribution in [2.24, 2.45) is 0 Å². The van der Waals surface area contributed by atoms with Crippen LogP contribution >= 0.6 is 11.3 Å². The highest BCUT2D eigenvalue weighted by Gasteiger charge is 2.16. The van der Waals surface area contributed by atoms with Gasteiger partial charge in [-0.05, 0) is 33.3 Å². The van der Waals surface area contributed by atoms with Crippen LogP contribution in [0.2, 0.25) is 0 Å². The average Bonchev–Trinajstić information content (AvgIpc) is 2.47. The van der Waals surface area contributed by atoms with Crippen molar-refractivity contribution in [3.05, 3.63) is 21.4 Å². The van der Waals surface area contributed by atoms with Gasteiger partial charge < -0.3 is 5.32 Å². The molecule has 0 saturated heterocycles. The molecule has 82 valence electrons. The summed E-state index contributed by atoms with van der Waals surface area (Å²) in [5.41, 5.74) is 1.67. The SMILES string of the molecule is CC(=O)C(C)NC(=O)c1csc(C)c1C. The summed E-state index contributed by atoms with van der Waals surface area (Å²) in [7, 11) is 0. The number of rotatable bonds is 3. The molecule has 0 saturated carbocycles. The van der Waals surface area contributed by atoms with Gasteiger partial charge >= 0.3 is 0 Å². The molecule has 1 aromatic rings. The van der Waals surface area contributed by atoms with Crippen molar-refractivity contribution in [2.45, 2.75) is 33.7 Å². The first kappa shape index (κ1) is 11.9. The molecule has 1 heterocycles. The largest absolute Gasteiger partial charge is 0.342 e. The van der Waals surface area contributed by atoms with Gasteiger partial charge in [0.05, 0.1) is 11.6 Å². The van der Waals surface area contributed by atoms with E-state index in [1.54, 1.807) is 18.3 Å². The van der Waals surface area contributed by atoms with Crippen molar-refractivity contribution in [1.29, 1.82) is 0 Å². The Kier molecular flexibility index (Phi) is 3.63. The van der Waals surface area contributed by atoms with E-state index in [2.05, 4.69) is 5.32 Å². The fourth-order valence-corrected chi connectivity index (χ4v) is 1.98. The summed E-state index contributed by atoms with van der Waals surface area (Å²) in [5, 5.41) is 4.49. The van der Waals surface area contributed by atoms with Crippen molar-refractivity contribution < 1.29 is 9.59 Å². The molecule has 3 nitrogen and oxygen atoms in total. The monoisotopic (exact) mass is 225 g/mol. The number of carbonyl (C=O) groups excluding carboxylic acids is 2. The van der Waals surface area contributed by atoms with Crippen LogP contribution in [0.25, 0.3) is 0 Å². The van der Waals surface area contributed by atoms with Gasteiger partial charge in [-0.25, -0.2) is 0 Å². The summed E-state index contributed by atoms with van der Waals surface area (Å²) in [6.07, 6.45) is 0. The Bertz CT molecular complexity index is 395. The number of hydrogen-bond acceptors (Lipinski definition) is 3. The van der Waals surface area contributed by atoms with Crippen LogP contribution in [0.4, 0.5) is 0 Å². The van der Waals surface area contributed by atoms with Crippen molar-refractivity contribution in [1.82, 2.24) is 5.32 Å². The molecule has 0 aliphatic rings. The summed E-state index contributed by atoms with van der Waals surface area (Å²) in [6.45, 7) is 7.05. The van der Waals surface area contributed by atoms with Gasteiger partial charge in [0, 0.05) is 10.3 Å². The van der Waals surface area contributed by atoms with Crippen LogP contribution in [-0.2, 0) is 4.79 Å². The van der Waals surface area contributed by atoms with Gasteiger partial charge in [-0.15, -0.1) is 11.3 Å². The second-order valence-corrected chi connectivity index (χ2v) is 4.72. The second-order valence-electron chi connectivity index (χ2n) is 3.64. The number of nitrogens with one attached hydrogen (secondary N) is 1. The molecule has 0 aliphatic heterocycles. The van der Waals surface area contributed by atoms with E-state index < -0.39 is 6.04 Å². The number of hydrogen-bond donors (Lipinski definition) is 1. The van der Waals surface area contributed by atoms with Crippen LogP contribution in [0.15, 0.2) is 5.38 Å². The molecule has 0 bridgehead atoms. The first-order valence-electron chi connectivity index (χ1n) is 4.79. The topological polar surface area (TPSA) is 46.2 Å². The minimum Gasteiger partial charge on any atom is -0.342 e. The molecule has 1 rings (SSSR count). The Morgan fingerprint density at radius 3 is 2.40 bits per heavy atom. The van der Waals surface area contributed by atoms with Crippen molar-refractivity contribution in [3.63, 3.8) is 0 Å². The minimum atomic E-state index is -0.419. The van der Waals surface area contributed by atoms with E-state index in [4.69, 9.17) is 0 Å². The molecule has 1 amide bonds. The summed E-state index contributed by atoms with van der Waals surface area (Å²) in [4.78, 5) is 23.9. The zero-order valence-corrected chi connectivity index (χ0v) is 10.2. The maximum atomic E-state index is 11.7. The Hall–Kier alpha value is -1.16. The molecular formula is C11H15NO2S. The van der Waals surface area contributed by atoms with Crippen LogP contribution in [0.3, 0.4) is 0 Å². The lowest BCUT2D eigenvalue weighted by molar-refractivity contribution is -0.118. The van der Waals surface area contributed by atoms with E-state index in [0.717, 1.165) is 10.4 Å². The molecule has 1 atom stereocenters. The van der Waals surface area contributed by atoms with E-state index in [-0.39, 0.29) is 11.7 Å². The summed E-state index contributed by atoms with van der Waals surface area (Å²) in [6, 6.07) is -0.419. The third-order valence-electron chi connectivity index (χ3n) is 2.49. The lowest BCUT2D eigenvalue weighted by atomic mass is 10.1. The first-order valence-corrected chi connectivity index (χ1v) is 5.67. The highest BCUT2D eigenvalue weighted by Crippen LogP contribution is 2.20. The Morgan fingerprint density at radius 1 is 1.40 bits per heavy atom. The van der Waals surface area contributed by atoms with Crippen molar-refractivity contribution in [3.8, 4) is 0 Å². The third kappa shape index (κ3) is 2.65. The molecule has 0 fully saturated rings. The normalized spacial score (nSPS) is 12.3. The van der Waals surface area contributed by atoms with Gasteiger partial charge in [0.2, 0.25) is 0 Å². The zero-order chi connectivity index (χ0) is 11.6. The van der Waals surface area contributed by atoms with Gasteiger partial charge in [-0.1, -0.05) is 0 Å². The van der Waals surface area contributed by atoms with E-state index in [1.807, 2.05) is 19.2 Å². The number of amides is 1. The van der Waals surface area contributed by atoms with E-state index >= 15 is 0 Å². The van der Waals surface area contributed by atoms with Gasteiger partial charge in [-0.2, -0.15) is 0 Å². The summed E-state index contributed by atoms with van der Waals surface area (Å²) < 4.78 is 0. The van der Waals surface area contributed by atoms with Crippen molar-refractivity contribution >= 4 is 23.0 Å². The Morgan fingerprint density at radius 2 is 2.00 bits per heavy atom. The Balaban J connectivity index is 2.78. The number of carbonyl (C=O) groups is 2. The standard InChI is InChI=1S/C11H15NO2S/c1-6-9(4)15-5-10(6)11(14)12-7(2)8(3)13/h5,7H,1-4H3,(H,12,14). The summed E-state index contributed by atoms with van der Waals surface area (Å²) in [5.74, 6) is -0.201. The highest BCUT2D eigenvalue weighted by molar-refractivity contribution is 7.10. The van der Waals surface area contributed by atoms with Gasteiger partial charge in [0.15, 0.2) is 5.78 Å². The van der Waals surface area contributed by atoms with Gasteiger partial charge in [0.1, 0.15) is 0 Å². The minimum absolute atomic E-state index is 0.0343. The lowest BCUT2D eigenvalue weighted by Crippen LogP contribution is -2.37. The van der Waals surface area contributed by atoms with E-state index in [1.165, 1.54) is 6.92 Å². The number of ketones is 1. The lowest BCUT2D eigenvalue weighted by Gasteiger charge is -2.10. The zero-order valence-electron chi connectivity index (χ0n) is 9.38. The van der Waals surface area contributed by atoms with Crippen molar-refractivity contribution in [2.75, 3.05) is 0 Å². The first-order chi connectivity index (χ1) is 6.93. The van der Waals surface area contributed by atoms with E-state index in [0.29, 0.717) is 5.56 Å². The molecule has 4 heteroatoms. The second kappa shape index (κ2) is 4.57. The molecule has 0 aromatic carbocycles. The third-order valence-corrected chi connectivity index (χ3v) is 3.50. The van der Waals surface area contributed by atoms with Crippen LogP contribution in [0.5, 0.6) is 0 Å². The molecule has 1 unspecified atom stereocenters. The predicted octanol–water partition coefficient (Wildman–Crippen LogP) is 2.07. The number of aryl methyl sites for hydroxylation is 1. The van der Waals surface area contributed by atoms with Crippen LogP contribution in [0.1, 0.15) is 34.6 Å². The molecule has 0 spiro atoms. The molecule has 15 heavy (non-hydrogen) atoms. The molecule has 1 N–H and O–H groups in total. The molecule has 0 aliphatic carbocycles. The number of thiophene rings is 1. The highest BCUT2D eigenvalue weighted by atomic mass is 32.1. The van der Waals surface area contributed by atoms with Gasteiger partial charge in [-0.3, -0.25) is 9.59 Å². The molecular weight excluding hydrogens is 210 g/mol. The average molecular weight is 225 g/mol. The smallest absolute Gasteiger partial charge is 0.252 e.